The molecule has 37 heavy (non-hydrogen) atoms. The van der Waals surface area contributed by atoms with Gasteiger partial charge in [0.05, 0.1) is 12.5 Å². The topological polar surface area (TPSA) is 43.9 Å². The van der Waals surface area contributed by atoms with Crippen molar-refractivity contribution >= 4 is 23.2 Å². The highest BCUT2D eigenvalue weighted by Crippen LogP contribution is 2.38. The van der Waals surface area contributed by atoms with Crippen molar-refractivity contribution in [2.24, 2.45) is 0 Å². The number of nitrogens with zero attached hydrogens (tertiary/aromatic N) is 3. The third-order valence-electron chi connectivity index (χ3n) is 7.63. The number of amides is 2. The number of benzene rings is 2. The molecule has 5 rings (SSSR count). The van der Waals surface area contributed by atoms with Gasteiger partial charge >= 0.3 is 0 Å². The lowest BCUT2D eigenvalue weighted by Gasteiger charge is -2.37. The van der Waals surface area contributed by atoms with E-state index in [9.17, 15) is 14.0 Å². The van der Waals surface area contributed by atoms with Crippen molar-refractivity contribution in [2.75, 3.05) is 39.3 Å². The summed E-state index contributed by atoms with van der Waals surface area (Å²) >= 11 is 1.83. The van der Waals surface area contributed by atoms with Crippen LogP contribution in [0.15, 0.2) is 60.0 Å². The molecule has 0 saturated carbocycles. The molecular formula is C30H34FN3O2S. The Morgan fingerprint density at radius 1 is 0.892 bits per heavy atom. The van der Waals surface area contributed by atoms with Crippen molar-refractivity contribution < 1.29 is 14.0 Å². The summed E-state index contributed by atoms with van der Waals surface area (Å²) in [7, 11) is 0. The highest BCUT2D eigenvalue weighted by molar-refractivity contribution is 7.10. The van der Waals surface area contributed by atoms with E-state index >= 15 is 0 Å². The first-order valence-electron chi connectivity index (χ1n) is 13.2. The second kappa shape index (κ2) is 11.6. The van der Waals surface area contributed by atoms with Crippen LogP contribution in [0.3, 0.4) is 0 Å². The van der Waals surface area contributed by atoms with Crippen LogP contribution < -0.4 is 0 Å². The molecule has 2 aromatic carbocycles. The normalized spacial score (nSPS) is 18.4. The molecular weight excluding hydrogens is 485 g/mol. The van der Waals surface area contributed by atoms with E-state index in [0.29, 0.717) is 32.6 Å². The summed E-state index contributed by atoms with van der Waals surface area (Å²) in [6.07, 6.45) is 2.53. The van der Waals surface area contributed by atoms with E-state index in [0.717, 1.165) is 31.5 Å². The first kappa shape index (κ1) is 25.6. The van der Waals surface area contributed by atoms with E-state index in [1.54, 1.807) is 12.1 Å². The molecule has 7 heteroatoms. The number of hydrogen-bond donors (Lipinski definition) is 0. The van der Waals surface area contributed by atoms with Crippen molar-refractivity contribution in [1.29, 1.82) is 0 Å². The van der Waals surface area contributed by atoms with E-state index in [4.69, 9.17) is 0 Å². The number of thiophene rings is 1. The molecule has 2 amide bonds. The number of hydrogen-bond acceptors (Lipinski definition) is 4. The average Bonchev–Trinajstić information content (AvgIpc) is 3.24. The second-order valence-electron chi connectivity index (χ2n) is 10.0. The zero-order valence-corrected chi connectivity index (χ0v) is 22.2. The summed E-state index contributed by atoms with van der Waals surface area (Å²) in [6, 6.07) is 17.1. The number of fused-ring (bicyclic) bond motifs is 1. The largest absolute Gasteiger partial charge is 0.341 e. The molecule has 0 aliphatic carbocycles. The smallest absolute Gasteiger partial charge is 0.227 e. The summed E-state index contributed by atoms with van der Waals surface area (Å²) in [5.41, 5.74) is 4.78. The summed E-state index contributed by atoms with van der Waals surface area (Å²) in [5.74, 6) is -0.111. The Balaban J connectivity index is 1.18. The number of rotatable bonds is 6. The monoisotopic (exact) mass is 519 g/mol. The average molecular weight is 520 g/mol. The summed E-state index contributed by atoms with van der Waals surface area (Å²) < 4.78 is 13.2. The summed E-state index contributed by atoms with van der Waals surface area (Å²) in [4.78, 5) is 33.8. The molecule has 2 aliphatic heterocycles. The van der Waals surface area contributed by atoms with E-state index in [2.05, 4.69) is 47.5 Å². The number of halogens is 1. The van der Waals surface area contributed by atoms with Crippen LogP contribution in [0.4, 0.5) is 4.39 Å². The van der Waals surface area contributed by atoms with E-state index in [-0.39, 0.29) is 30.1 Å². The maximum atomic E-state index is 13.3. The molecule has 5 nitrogen and oxygen atoms in total. The fourth-order valence-corrected chi connectivity index (χ4v) is 6.47. The molecule has 0 N–H and O–H groups in total. The molecule has 0 unspecified atom stereocenters. The van der Waals surface area contributed by atoms with Crippen LogP contribution in [0.1, 0.15) is 46.0 Å². The van der Waals surface area contributed by atoms with Gasteiger partial charge in [0.1, 0.15) is 5.82 Å². The minimum atomic E-state index is -0.300. The SMILES string of the molecule is Cc1ccccc1[C@H]1c2ccsc2CCN1CCC(=O)N1CCCN(C(=O)Cc2ccc(F)cc2)CC1. The molecule has 1 aromatic heterocycles. The minimum absolute atomic E-state index is 0.0295. The van der Waals surface area contributed by atoms with Gasteiger partial charge in [0.2, 0.25) is 11.8 Å². The van der Waals surface area contributed by atoms with Crippen LogP contribution in [0.25, 0.3) is 0 Å². The van der Waals surface area contributed by atoms with Gasteiger partial charge in [-0.15, -0.1) is 11.3 Å². The predicted octanol–water partition coefficient (Wildman–Crippen LogP) is 4.84. The highest BCUT2D eigenvalue weighted by Gasteiger charge is 2.31. The number of carbonyl (C=O) groups is 2. The molecule has 1 saturated heterocycles. The van der Waals surface area contributed by atoms with Gasteiger partial charge in [-0.3, -0.25) is 14.5 Å². The maximum Gasteiger partial charge on any atom is 0.227 e. The van der Waals surface area contributed by atoms with E-state index in [1.807, 2.05) is 21.1 Å². The molecule has 0 radical (unpaired) electrons. The fourth-order valence-electron chi connectivity index (χ4n) is 5.57. The van der Waals surface area contributed by atoms with Gasteiger partial charge in [-0.25, -0.2) is 4.39 Å². The molecule has 3 heterocycles. The van der Waals surface area contributed by atoms with Gasteiger partial charge in [0.25, 0.3) is 0 Å². The number of carbonyl (C=O) groups excluding carboxylic acids is 2. The highest BCUT2D eigenvalue weighted by atomic mass is 32.1. The Hall–Kier alpha value is -3.03. The van der Waals surface area contributed by atoms with E-state index < -0.39 is 0 Å². The Labute approximate surface area is 222 Å². The van der Waals surface area contributed by atoms with Crippen molar-refractivity contribution in [3.63, 3.8) is 0 Å². The van der Waals surface area contributed by atoms with Crippen LogP contribution in [-0.4, -0.2) is 65.8 Å². The van der Waals surface area contributed by atoms with Gasteiger partial charge in [-0.2, -0.15) is 0 Å². The molecule has 194 valence electrons. The van der Waals surface area contributed by atoms with Gasteiger partial charge < -0.3 is 9.80 Å². The number of aryl methyl sites for hydroxylation is 1. The van der Waals surface area contributed by atoms with Gasteiger partial charge in [0, 0.05) is 50.6 Å². The van der Waals surface area contributed by atoms with E-state index in [1.165, 1.54) is 33.7 Å². The molecule has 2 aliphatic rings. The van der Waals surface area contributed by atoms with Gasteiger partial charge in [-0.1, -0.05) is 36.4 Å². The lowest BCUT2D eigenvalue weighted by atomic mass is 9.90. The predicted molar refractivity (Wildman–Crippen MR) is 145 cm³/mol. The molecule has 0 spiro atoms. The second-order valence-corrected chi connectivity index (χ2v) is 11.0. The van der Waals surface area contributed by atoms with Crippen LogP contribution in [0.5, 0.6) is 0 Å². The molecule has 1 fully saturated rings. The summed E-state index contributed by atoms with van der Waals surface area (Å²) in [6.45, 7) is 6.26. The Bertz CT molecular complexity index is 1240. The van der Waals surface area contributed by atoms with Crippen LogP contribution >= 0.6 is 11.3 Å². The zero-order valence-electron chi connectivity index (χ0n) is 21.4. The molecule has 3 aromatic rings. The fraction of sp³-hybridized carbons (Fsp3) is 0.400. The quantitative estimate of drug-likeness (QED) is 0.468. The minimum Gasteiger partial charge on any atom is -0.341 e. The van der Waals surface area contributed by atoms with Crippen molar-refractivity contribution in [2.45, 2.75) is 38.6 Å². The van der Waals surface area contributed by atoms with Crippen molar-refractivity contribution in [1.82, 2.24) is 14.7 Å². The Kier molecular flexibility index (Phi) is 8.01. The first-order chi connectivity index (χ1) is 18.0. The summed E-state index contributed by atoms with van der Waals surface area (Å²) in [5, 5.41) is 2.19. The lowest BCUT2D eigenvalue weighted by molar-refractivity contribution is -0.133. The Morgan fingerprint density at radius 2 is 1.62 bits per heavy atom. The van der Waals surface area contributed by atoms with Crippen LogP contribution in [-0.2, 0) is 22.4 Å². The maximum absolute atomic E-state index is 13.3. The zero-order chi connectivity index (χ0) is 25.8. The van der Waals surface area contributed by atoms with Crippen molar-refractivity contribution in [3.8, 4) is 0 Å². The van der Waals surface area contributed by atoms with Crippen molar-refractivity contribution in [3.05, 3.63) is 92.9 Å². The van der Waals surface area contributed by atoms with Crippen LogP contribution in [0.2, 0.25) is 0 Å². The standard InChI is InChI=1S/C30H34FN3O2S/c1-22-5-2-3-6-25(22)30-26-13-20-37-27(26)11-16-34(30)17-12-28(35)32-14-4-15-33(19-18-32)29(36)21-23-7-9-24(31)10-8-23/h2-3,5-10,13,20,30H,4,11-12,14-19,21H2,1H3/t30-/m0/s1. The van der Waals surface area contributed by atoms with Gasteiger partial charge in [-0.05, 0) is 65.6 Å². The third kappa shape index (κ3) is 5.94. The first-order valence-corrected chi connectivity index (χ1v) is 14.0. The van der Waals surface area contributed by atoms with Gasteiger partial charge in [0.15, 0.2) is 0 Å². The Morgan fingerprint density at radius 3 is 2.38 bits per heavy atom. The molecule has 1 atom stereocenters. The van der Waals surface area contributed by atoms with Crippen LogP contribution in [0, 0.1) is 12.7 Å². The lowest BCUT2D eigenvalue weighted by Crippen LogP contribution is -2.41. The molecule has 0 bridgehead atoms. The third-order valence-corrected chi connectivity index (χ3v) is 8.63.